The molecule has 1 aromatic rings. The molecule has 0 spiro atoms. The first kappa shape index (κ1) is 14.6. The highest BCUT2D eigenvalue weighted by atomic mass is 35.5. The van der Waals surface area contributed by atoms with Gasteiger partial charge in [-0.15, -0.1) is 12.4 Å². The molecule has 0 amide bonds. The summed E-state index contributed by atoms with van der Waals surface area (Å²) in [6.45, 7) is 1.62. The van der Waals surface area contributed by atoms with Gasteiger partial charge >= 0.3 is 0 Å². The summed E-state index contributed by atoms with van der Waals surface area (Å²) in [5.41, 5.74) is 1.15. The van der Waals surface area contributed by atoms with Crippen molar-refractivity contribution in [2.24, 2.45) is 4.99 Å². The summed E-state index contributed by atoms with van der Waals surface area (Å²) in [6, 6.07) is 7.92. The molecule has 1 aliphatic heterocycles. The Labute approximate surface area is 117 Å². The number of nitrogens with one attached hydrogen (secondary N) is 1. The van der Waals surface area contributed by atoms with E-state index >= 15 is 0 Å². The zero-order valence-electron chi connectivity index (χ0n) is 9.52. The van der Waals surface area contributed by atoms with Crippen LogP contribution in [0.5, 0.6) is 0 Å². The maximum absolute atomic E-state index is 6.08. The third-order valence-electron chi connectivity index (χ3n) is 2.28. The van der Waals surface area contributed by atoms with E-state index < -0.39 is 0 Å². The molecule has 0 bridgehead atoms. The Morgan fingerprint density at radius 3 is 2.88 bits per heavy atom. The minimum Gasteiger partial charge on any atom is -0.352 e. The highest BCUT2D eigenvalue weighted by molar-refractivity contribution is 8.13. The number of nitrogens with zero attached hydrogens (tertiary/aromatic N) is 2. The van der Waals surface area contributed by atoms with E-state index in [-0.39, 0.29) is 12.4 Å². The van der Waals surface area contributed by atoms with Crippen LogP contribution in [0, 0.1) is 0 Å². The summed E-state index contributed by atoms with van der Waals surface area (Å²) < 4.78 is 0. The molecule has 0 atom stereocenters. The number of benzene rings is 1. The standard InChI is InChI=1S/C11H14ClN3S.ClH/c1-15-7-13-11(14-8-15)16-6-9-4-2-3-5-10(9)12;/h2-5H,6-8H2,1H3,(H,13,14);1H. The minimum atomic E-state index is 0. The molecule has 6 heteroatoms. The van der Waals surface area contributed by atoms with Crippen LogP contribution in [0.4, 0.5) is 0 Å². The predicted octanol–water partition coefficient (Wildman–Crippen LogP) is 2.80. The number of thioether (sulfide) groups is 1. The van der Waals surface area contributed by atoms with E-state index in [1.54, 1.807) is 11.8 Å². The van der Waals surface area contributed by atoms with Crippen molar-refractivity contribution >= 4 is 40.9 Å². The van der Waals surface area contributed by atoms with Gasteiger partial charge < -0.3 is 5.32 Å². The highest BCUT2D eigenvalue weighted by Gasteiger charge is 2.09. The van der Waals surface area contributed by atoms with Crippen molar-refractivity contribution in [2.45, 2.75) is 5.75 Å². The third kappa shape index (κ3) is 4.39. The van der Waals surface area contributed by atoms with Gasteiger partial charge in [-0.25, -0.2) is 4.99 Å². The van der Waals surface area contributed by atoms with Crippen LogP contribution in [0.2, 0.25) is 5.02 Å². The SMILES string of the molecule is CN1CN=C(SCc2ccccc2Cl)NC1.Cl. The molecule has 0 aromatic heterocycles. The van der Waals surface area contributed by atoms with E-state index in [2.05, 4.69) is 15.2 Å². The van der Waals surface area contributed by atoms with Gasteiger partial charge in [-0.05, 0) is 18.7 Å². The lowest BCUT2D eigenvalue weighted by Crippen LogP contribution is -2.39. The van der Waals surface area contributed by atoms with Crippen molar-refractivity contribution in [3.8, 4) is 0 Å². The Balaban J connectivity index is 0.00000144. The van der Waals surface area contributed by atoms with Crippen LogP contribution in [0.3, 0.4) is 0 Å². The lowest BCUT2D eigenvalue weighted by molar-refractivity contribution is 0.326. The second kappa shape index (κ2) is 7.11. The number of rotatable bonds is 2. The van der Waals surface area contributed by atoms with Crippen LogP contribution >= 0.6 is 35.8 Å². The summed E-state index contributed by atoms with van der Waals surface area (Å²) in [5, 5.41) is 5.08. The highest BCUT2D eigenvalue weighted by Crippen LogP contribution is 2.21. The lowest BCUT2D eigenvalue weighted by Gasteiger charge is -2.22. The summed E-state index contributed by atoms with van der Waals surface area (Å²) in [4.78, 5) is 6.52. The smallest absolute Gasteiger partial charge is 0.159 e. The summed E-state index contributed by atoms with van der Waals surface area (Å²) in [5.74, 6) is 0.856. The van der Waals surface area contributed by atoms with Crippen molar-refractivity contribution in [3.05, 3.63) is 34.9 Å². The molecule has 0 fully saturated rings. The number of hydrogen-bond donors (Lipinski definition) is 1. The molecule has 0 unspecified atom stereocenters. The van der Waals surface area contributed by atoms with Crippen LogP contribution in [0.15, 0.2) is 29.3 Å². The molecule has 94 valence electrons. The molecule has 0 radical (unpaired) electrons. The van der Waals surface area contributed by atoms with E-state index in [4.69, 9.17) is 11.6 Å². The van der Waals surface area contributed by atoms with Crippen LogP contribution in [-0.2, 0) is 5.75 Å². The van der Waals surface area contributed by atoms with E-state index in [9.17, 15) is 0 Å². The minimum absolute atomic E-state index is 0. The number of amidine groups is 1. The van der Waals surface area contributed by atoms with Gasteiger partial charge in [0.2, 0.25) is 0 Å². The molecule has 0 saturated heterocycles. The monoisotopic (exact) mass is 291 g/mol. The van der Waals surface area contributed by atoms with E-state index in [1.165, 1.54) is 0 Å². The van der Waals surface area contributed by atoms with Crippen LogP contribution < -0.4 is 5.32 Å². The number of halogens is 2. The molecule has 1 aliphatic rings. The summed E-state index contributed by atoms with van der Waals surface area (Å²) >= 11 is 7.78. The fourth-order valence-electron chi connectivity index (χ4n) is 1.35. The second-order valence-electron chi connectivity index (χ2n) is 3.68. The van der Waals surface area contributed by atoms with Gasteiger partial charge in [0, 0.05) is 10.8 Å². The van der Waals surface area contributed by atoms with Crippen molar-refractivity contribution < 1.29 is 0 Å². The van der Waals surface area contributed by atoms with Crippen molar-refractivity contribution in [1.82, 2.24) is 10.2 Å². The fourth-order valence-corrected chi connectivity index (χ4v) is 2.49. The Hall–Kier alpha value is -0.420. The molecule has 1 N–H and O–H groups in total. The molecule has 17 heavy (non-hydrogen) atoms. The van der Waals surface area contributed by atoms with Gasteiger partial charge in [0.05, 0.1) is 13.3 Å². The van der Waals surface area contributed by atoms with E-state index in [0.717, 1.165) is 34.8 Å². The Morgan fingerprint density at radius 1 is 1.47 bits per heavy atom. The van der Waals surface area contributed by atoms with Crippen molar-refractivity contribution in [2.75, 3.05) is 20.4 Å². The van der Waals surface area contributed by atoms with Gasteiger partial charge in [0.25, 0.3) is 0 Å². The average molecular weight is 292 g/mol. The average Bonchev–Trinajstić information content (AvgIpc) is 2.30. The molecular formula is C11H15Cl2N3S. The van der Waals surface area contributed by atoms with Crippen LogP contribution in [-0.4, -0.2) is 30.5 Å². The van der Waals surface area contributed by atoms with Gasteiger partial charge in [-0.2, -0.15) is 0 Å². The topological polar surface area (TPSA) is 27.6 Å². The van der Waals surface area contributed by atoms with Crippen LogP contribution in [0.25, 0.3) is 0 Å². The molecule has 1 aromatic carbocycles. The Kier molecular flexibility index (Phi) is 6.12. The second-order valence-corrected chi connectivity index (χ2v) is 5.05. The zero-order valence-corrected chi connectivity index (χ0v) is 11.9. The number of hydrogen-bond acceptors (Lipinski definition) is 4. The first-order valence-corrected chi connectivity index (χ1v) is 6.45. The molecule has 3 nitrogen and oxygen atoms in total. The molecule has 1 heterocycles. The van der Waals surface area contributed by atoms with Crippen LogP contribution in [0.1, 0.15) is 5.56 Å². The van der Waals surface area contributed by atoms with Crippen molar-refractivity contribution in [3.63, 3.8) is 0 Å². The van der Waals surface area contributed by atoms with Gasteiger partial charge in [0.1, 0.15) is 0 Å². The molecule has 2 rings (SSSR count). The normalized spacial score (nSPS) is 15.8. The third-order valence-corrected chi connectivity index (χ3v) is 3.65. The lowest BCUT2D eigenvalue weighted by atomic mass is 10.2. The Morgan fingerprint density at radius 2 is 2.24 bits per heavy atom. The Bertz CT molecular complexity index is 398. The van der Waals surface area contributed by atoms with Gasteiger partial charge in [0.15, 0.2) is 5.17 Å². The molecular weight excluding hydrogens is 277 g/mol. The summed E-state index contributed by atoms with van der Waals surface area (Å²) in [6.07, 6.45) is 0. The largest absolute Gasteiger partial charge is 0.352 e. The zero-order chi connectivity index (χ0) is 11.4. The first-order valence-electron chi connectivity index (χ1n) is 5.09. The van der Waals surface area contributed by atoms with Crippen molar-refractivity contribution in [1.29, 1.82) is 0 Å². The maximum atomic E-state index is 6.08. The van der Waals surface area contributed by atoms with E-state index in [1.807, 2.05) is 31.3 Å². The van der Waals surface area contributed by atoms with E-state index in [0.29, 0.717) is 0 Å². The first-order chi connectivity index (χ1) is 7.75. The quantitative estimate of drug-likeness (QED) is 0.908. The van der Waals surface area contributed by atoms with Gasteiger partial charge in [-0.1, -0.05) is 41.6 Å². The predicted molar refractivity (Wildman–Crippen MR) is 78.1 cm³/mol. The number of aliphatic imine (C=N–C) groups is 1. The molecule has 0 saturated carbocycles. The summed E-state index contributed by atoms with van der Waals surface area (Å²) in [7, 11) is 2.03. The molecule has 0 aliphatic carbocycles. The fraction of sp³-hybridized carbons (Fsp3) is 0.364. The van der Waals surface area contributed by atoms with Gasteiger partial charge in [-0.3, -0.25) is 4.90 Å². The maximum Gasteiger partial charge on any atom is 0.159 e.